The molecule has 0 saturated carbocycles. The zero-order valence-corrected chi connectivity index (χ0v) is 16.8. The molecule has 0 bridgehead atoms. The number of carbonyl (C=O) groups is 1. The lowest BCUT2D eigenvalue weighted by Crippen LogP contribution is -2.40. The number of fused-ring (bicyclic) bond motifs is 1. The summed E-state index contributed by atoms with van der Waals surface area (Å²) in [4.78, 5) is 12.7. The first-order valence-corrected chi connectivity index (χ1v) is 9.42. The molecular formula is C19H23ClN5O3+. The van der Waals surface area contributed by atoms with Crippen molar-refractivity contribution in [2.75, 3.05) is 12.8 Å². The summed E-state index contributed by atoms with van der Waals surface area (Å²) in [5.74, 6) is 0.966. The number of nitrogen functional groups attached to an aromatic ring is 1. The third kappa shape index (κ3) is 4.17. The van der Waals surface area contributed by atoms with E-state index in [0.717, 1.165) is 12.8 Å². The standard InChI is InChI=1S/C19H23ClN5O3/c1-4-14(5-2)28-17-6-7-18-24(23-19(21)25(18)22-17)11-16(26)12-8-13(20)10-15(9-12)27-3/h6-10,14H,4-5,11H2,1-3H3,(H2,21,23)/q+1. The highest BCUT2D eigenvalue weighted by Crippen LogP contribution is 2.21. The third-order valence-electron chi connectivity index (χ3n) is 4.42. The van der Waals surface area contributed by atoms with Gasteiger partial charge in [0.25, 0.3) is 5.88 Å². The van der Waals surface area contributed by atoms with Crippen LogP contribution in [0.1, 0.15) is 37.0 Å². The van der Waals surface area contributed by atoms with Gasteiger partial charge in [0.15, 0.2) is 6.54 Å². The molecule has 148 valence electrons. The van der Waals surface area contributed by atoms with Crippen molar-refractivity contribution in [1.82, 2.24) is 14.7 Å². The summed E-state index contributed by atoms with van der Waals surface area (Å²) in [6.45, 7) is 4.10. The Morgan fingerprint density at radius 2 is 2.04 bits per heavy atom. The predicted octanol–water partition coefficient (Wildman–Crippen LogP) is 2.71. The molecule has 0 atom stereocenters. The molecule has 1 aromatic carbocycles. The van der Waals surface area contributed by atoms with Crippen LogP contribution in [0.3, 0.4) is 0 Å². The number of carbonyl (C=O) groups excluding carboxylic acids is 1. The van der Waals surface area contributed by atoms with Crippen molar-refractivity contribution < 1.29 is 19.0 Å². The van der Waals surface area contributed by atoms with Crippen molar-refractivity contribution in [2.24, 2.45) is 0 Å². The van der Waals surface area contributed by atoms with Crippen molar-refractivity contribution in [3.8, 4) is 11.6 Å². The monoisotopic (exact) mass is 404 g/mol. The van der Waals surface area contributed by atoms with E-state index in [4.69, 9.17) is 26.8 Å². The molecule has 9 heteroatoms. The second-order valence-electron chi connectivity index (χ2n) is 6.32. The number of aromatic nitrogens is 4. The van der Waals surface area contributed by atoms with Gasteiger partial charge in [-0.1, -0.05) is 30.0 Å². The molecular weight excluding hydrogens is 382 g/mol. The Labute approximate surface area is 167 Å². The SMILES string of the molecule is CCC(CC)Oc1ccc2n(n1)c(N)n[n+]2CC(=O)c1cc(Cl)cc(OC)c1. The Hall–Kier alpha value is -2.87. The highest BCUT2D eigenvalue weighted by Gasteiger charge is 2.23. The van der Waals surface area contributed by atoms with E-state index in [1.54, 1.807) is 30.3 Å². The summed E-state index contributed by atoms with van der Waals surface area (Å²) in [5.41, 5.74) is 7.00. The van der Waals surface area contributed by atoms with Gasteiger partial charge in [-0.3, -0.25) is 4.79 Å². The minimum absolute atomic E-state index is 0.0153. The summed E-state index contributed by atoms with van der Waals surface area (Å²) < 4.78 is 14.0. The second-order valence-corrected chi connectivity index (χ2v) is 6.75. The molecule has 0 aliphatic heterocycles. The first kappa shape index (κ1) is 19.9. The fourth-order valence-corrected chi connectivity index (χ4v) is 3.08. The molecule has 0 amide bonds. The molecule has 0 radical (unpaired) electrons. The van der Waals surface area contributed by atoms with Crippen LogP contribution in [0.5, 0.6) is 11.6 Å². The van der Waals surface area contributed by atoms with Crippen molar-refractivity contribution in [3.05, 3.63) is 40.9 Å². The summed E-state index contributed by atoms with van der Waals surface area (Å²) in [6, 6.07) is 8.39. The molecule has 3 rings (SSSR count). The maximum atomic E-state index is 12.7. The number of halogens is 1. The lowest BCUT2D eigenvalue weighted by molar-refractivity contribution is -0.714. The van der Waals surface area contributed by atoms with Gasteiger partial charge in [-0.05, 0) is 41.2 Å². The first-order valence-electron chi connectivity index (χ1n) is 9.05. The van der Waals surface area contributed by atoms with Crippen LogP contribution < -0.4 is 19.9 Å². The highest BCUT2D eigenvalue weighted by molar-refractivity contribution is 6.31. The lowest BCUT2D eigenvalue weighted by Gasteiger charge is -2.13. The third-order valence-corrected chi connectivity index (χ3v) is 4.63. The van der Waals surface area contributed by atoms with Gasteiger partial charge in [-0.2, -0.15) is 0 Å². The van der Waals surface area contributed by atoms with E-state index < -0.39 is 0 Å². The van der Waals surface area contributed by atoms with Crippen molar-refractivity contribution >= 4 is 29.0 Å². The van der Waals surface area contributed by atoms with Gasteiger partial charge in [0.1, 0.15) is 11.9 Å². The summed E-state index contributed by atoms with van der Waals surface area (Å²) in [6.07, 6.45) is 1.85. The zero-order chi connectivity index (χ0) is 20.3. The number of hydrogen-bond donors (Lipinski definition) is 1. The second kappa shape index (κ2) is 8.43. The zero-order valence-electron chi connectivity index (χ0n) is 16.1. The quantitative estimate of drug-likeness (QED) is 0.458. The summed E-state index contributed by atoms with van der Waals surface area (Å²) >= 11 is 6.06. The number of hydrogen-bond acceptors (Lipinski definition) is 6. The summed E-state index contributed by atoms with van der Waals surface area (Å²) in [5, 5.41) is 9.04. The number of methoxy groups -OCH3 is 1. The highest BCUT2D eigenvalue weighted by atomic mass is 35.5. The van der Waals surface area contributed by atoms with Gasteiger partial charge >= 0.3 is 11.6 Å². The van der Waals surface area contributed by atoms with E-state index in [9.17, 15) is 4.79 Å². The van der Waals surface area contributed by atoms with Crippen LogP contribution in [-0.4, -0.2) is 33.7 Å². The number of benzene rings is 1. The number of nitrogens with zero attached hydrogens (tertiary/aromatic N) is 4. The number of nitrogens with two attached hydrogens (primary N) is 1. The van der Waals surface area contributed by atoms with Crippen LogP contribution in [0.2, 0.25) is 5.02 Å². The minimum atomic E-state index is -0.178. The topological polar surface area (TPSA) is 95.6 Å². The fourth-order valence-electron chi connectivity index (χ4n) is 2.85. The molecule has 2 aromatic heterocycles. The van der Waals surface area contributed by atoms with Gasteiger partial charge in [0.2, 0.25) is 5.78 Å². The van der Waals surface area contributed by atoms with Gasteiger partial charge in [0.05, 0.1) is 7.11 Å². The number of Topliss-reactive ketones (excluding diaryl/α,β-unsaturated/α-hetero) is 1. The van der Waals surface area contributed by atoms with Crippen LogP contribution in [0, 0.1) is 0 Å². The van der Waals surface area contributed by atoms with E-state index in [0.29, 0.717) is 27.9 Å². The van der Waals surface area contributed by atoms with Crippen molar-refractivity contribution in [3.63, 3.8) is 0 Å². The lowest BCUT2D eigenvalue weighted by atomic mass is 10.1. The van der Waals surface area contributed by atoms with Crippen LogP contribution in [0.4, 0.5) is 5.95 Å². The van der Waals surface area contributed by atoms with Crippen LogP contribution in [-0.2, 0) is 6.54 Å². The smallest absolute Gasteiger partial charge is 0.355 e. The summed E-state index contributed by atoms with van der Waals surface area (Å²) in [7, 11) is 1.52. The maximum Gasteiger partial charge on any atom is 0.355 e. The van der Waals surface area contributed by atoms with Crippen LogP contribution in [0.25, 0.3) is 5.65 Å². The van der Waals surface area contributed by atoms with E-state index in [1.807, 2.05) is 0 Å². The minimum Gasteiger partial charge on any atom is -0.497 e. The molecule has 0 spiro atoms. The fraction of sp³-hybridized carbons (Fsp3) is 0.368. The molecule has 2 heterocycles. The Kier molecular flexibility index (Phi) is 5.99. The van der Waals surface area contributed by atoms with Gasteiger partial charge in [-0.25, -0.2) is 0 Å². The predicted molar refractivity (Wildman–Crippen MR) is 105 cm³/mol. The molecule has 0 fully saturated rings. The Balaban J connectivity index is 1.87. The van der Waals surface area contributed by atoms with E-state index in [2.05, 4.69) is 24.0 Å². The van der Waals surface area contributed by atoms with Crippen LogP contribution in [0.15, 0.2) is 30.3 Å². The number of anilines is 1. The Morgan fingerprint density at radius 3 is 2.71 bits per heavy atom. The molecule has 8 nitrogen and oxygen atoms in total. The Bertz CT molecular complexity index is 1000. The average Bonchev–Trinajstić information content (AvgIpc) is 3.00. The largest absolute Gasteiger partial charge is 0.497 e. The molecule has 0 unspecified atom stereocenters. The van der Waals surface area contributed by atoms with E-state index >= 15 is 0 Å². The van der Waals surface area contributed by atoms with E-state index in [1.165, 1.54) is 16.3 Å². The Morgan fingerprint density at radius 1 is 1.29 bits per heavy atom. The number of rotatable bonds is 8. The van der Waals surface area contributed by atoms with Crippen LogP contribution >= 0.6 is 11.6 Å². The molecule has 28 heavy (non-hydrogen) atoms. The maximum absolute atomic E-state index is 12.7. The van der Waals surface area contributed by atoms with Crippen molar-refractivity contribution in [1.29, 1.82) is 0 Å². The van der Waals surface area contributed by atoms with Crippen molar-refractivity contribution in [2.45, 2.75) is 39.3 Å². The molecule has 0 aliphatic carbocycles. The molecule has 0 aliphatic rings. The number of ether oxygens (including phenoxy) is 2. The molecule has 2 N–H and O–H groups in total. The number of ketones is 1. The molecule has 0 saturated heterocycles. The molecule has 3 aromatic rings. The average molecular weight is 405 g/mol. The van der Waals surface area contributed by atoms with E-state index in [-0.39, 0.29) is 24.4 Å². The normalized spacial score (nSPS) is 11.2. The van der Waals surface area contributed by atoms with Gasteiger partial charge < -0.3 is 15.2 Å². The first-order chi connectivity index (χ1) is 13.4. The van der Waals surface area contributed by atoms with Gasteiger partial charge in [0, 0.05) is 22.7 Å². The van der Waals surface area contributed by atoms with Gasteiger partial charge in [-0.15, -0.1) is 4.68 Å².